The highest BCUT2D eigenvalue weighted by Crippen LogP contribution is 2.19. The van der Waals surface area contributed by atoms with Gasteiger partial charge in [-0.2, -0.15) is 0 Å². The van der Waals surface area contributed by atoms with Gasteiger partial charge >= 0.3 is 0 Å². The second-order valence-corrected chi connectivity index (χ2v) is 2.94. The van der Waals surface area contributed by atoms with Crippen LogP contribution >= 0.6 is 12.6 Å². The summed E-state index contributed by atoms with van der Waals surface area (Å²) in [4.78, 5) is 18.1. The van der Waals surface area contributed by atoms with Crippen molar-refractivity contribution in [2.45, 2.75) is 4.90 Å². The van der Waals surface area contributed by atoms with Crippen LogP contribution in [-0.2, 0) is 0 Å². The van der Waals surface area contributed by atoms with Crippen LogP contribution in [0.2, 0.25) is 0 Å². The average molecular weight is 178 g/mol. The number of H-pyrrole nitrogens is 1. The monoisotopic (exact) mass is 178 g/mol. The maximum absolute atomic E-state index is 10.5. The zero-order chi connectivity index (χ0) is 8.55. The second kappa shape index (κ2) is 2.64. The molecule has 0 spiro atoms. The molecule has 12 heavy (non-hydrogen) atoms. The molecule has 1 heterocycles. The van der Waals surface area contributed by atoms with Gasteiger partial charge in [-0.15, -0.1) is 12.6 Å². The molecule has 1 N–H and O–H groups in total. The first-order valence-electron chi connectivity index (χ1n) is 3.42. The highest BCUT2D eigenvalue weighted by Gasteiger charge is 2.01. The molecule has 60 valence electrons. The van der Waals surface area contributed by atoms with Gasteiger partial charge < -0.3 is 4.98 Å². The maximum Gasteiger partial charge on any atom is 0.150 e. The number of thiol groups is 1. The van der Waals surface area contributed by atoms with Crippen molar-refractivity contribution in [2.24, 2.45) is 0 Å². The van der Waals surface area contributed by atoms with E-state index in [0.717, 1.165) is 22.2 Å². The van der Waals surface area contributed by atoms with E-state index < -0.39 is 0 Å². The fourth-order valence-electron chi connectivity index (χ4n) is 1.12. The molecule has 2 aromatic rings. The average Bonchev–Trinajstić information content (AvgIpc) is 2.52. The minimum Gasteiger partial charge on any atom is -0.345 e. The van der Waals surface area contributed by atoms with Gasteiger partial charge in [0.05, 0.1) is 11.8 Å². The van der Waals surface area contributed by atoms with E-state index in [1.807, 2.05) is 0 Å². The van der Waals surface area contributed by atoms with Crippen LogP contribution in [0.1, 0.15) is 10.4 Å². The second-order valence-electron chi connectivity index (χ2n) is 2.46. The molecular weight excluding hydrogens is 172 g/mol. The summed E-state index contributed by atoms with van der Waals surface area (Å²) in [6.07, 6.45) is 2.37. The van der Waals surface area contributed by atoms with Crippen LogP contribution in [0.25, 0.3) is 11.0 Å². The number of fused-ring (bicyclic) bond motifs is 1. The number of aromatic nitrogens is 2. The number of benzene rings is 1. The summed E-state index contributed by atoms with van der Waals surface area (Å²) in [5, 5.41) is 0. The number of hydrogen-bond acceptors (Lipinski definition) is 3. The van der Waals surface area contributed by atoms with Crippen molar-refractivity contribution in [3.05, 3.63) is 24.0 Å². The van der Waals surface area contributed by atoms with Gasteiger partial charge in [-0.3, -0.25) is 4.79 Å². The molecule has 1 aromatic carbocycles. The number of nitrogens with zero attached hydrogens (tertiary/aromatic N) is 1. The lowest BCUT2D eigenvalue weighted by atomic mass is 10.2. The van der Waals surface area contributed by atoms with Gasteiger partial charge in [0.15, 0.2) is 0 Å². The molecule has 0 unspecified atom stereocenters. The molecule has 0 atom stereocenters. The van der Waals surface area contributed by atoms with Crippen LogP contribution in [0.4, 0.5) is 0 Å². The molecule has 0 saturated carbocycles. The molecule has 2 rings (SSSR count). The molecule has 0 aliphatic rings. The van der Waals surface area contributed by atoms with E-state index in [1.165, 1.54) is 0 Å². The topological polar surface area (TPSA) is 45.8 Å². The molecule has 0 aliphatic heterocycles. The summed E-state index contributed by atoms with van der Waals surface area (Å²) in [5.41, 5.74) is 2.24. The molecule has 3 nitrogen and oxygen atoms in total. The Balaban J connectivity index is 2.83. The largest absolute Gasteiger partial charge is 0.345 e. The van der Waals surface area contributed by atoms with Crippen molar-refractivity contribution in [1.29, 1.82) is 0 Å². The zero-order valence-electron chi connectivity index (χ0n) is 6.11. The molecule has 0 radical (unpaired) electrons. The third kappa shape index (κ3) is 1.00. The van der Waals surface area contributed by atoms with E-state index in [2.05, 4.69) is 22.6 Å². The number of imidazole rings is 1. The first-order chi connectivity index (χ1) is 5.81. The minimum absolute atomic E-state index is 0.608. The van der Waals surface area contributed by atoms with Gasteiger partial charge in [-0.05, 0) is 12.1 Å². The fraction of sp³-hybridized carbons (Fsp3) is 0. The van der Waals surface area contributed by atoms with Gasteiger partial charge in [0.2, 0.25) is 0 Å². The Hall–Kier alpha value is -1.29. The SMILES string of the molecule is O=Cc1cc(S)c2nc[nH]c2c1. The van der Waals surface area contributed by atoms with Crippen molar-refractivity contribution in [3.63, 3.8) is 0 Å². The predicted molar refractivity (Wildman–Crippen MR) is 48.7 cm³/mol. The van der Waals surface area contributed by atoms with Crippen molar-refractivity contribution in [3.8, 4) is 0 Å². The number of aromatic amines is 1. The van der Waals surface area contributed by atoms with E-state index in [0.29, 0.717) is 5.56 Å². The molecule has 0 fully saturated rings. The van der Waals surface area contributed by atoms with Crippen LogP contribution in [0, 0.1) is 0 Å². The standard InChI is InChI=1S/C8H6N2OS/c11-3-5-1-6-8(7(12)2-5)10-4-9-6/h1-4,12H,(H,9,10). The smallest absolute Gasteiger partial charge is 0.150 e. The number of carbonyl (C=O) groups excluding carboxylic acids is 1. The van der Waals surface area contributed by atoms with Gasteiger partial charge in [0.25, 0.3) is 0 Å². The van der Waals surface area contributed by atoms with Crippen molar-refractivity contribution < 1.29 is 4.79 Å². The van der Waals surface area contributed by atoms with Gasteiger partial charge in [-0.1, -0.05) is 0 Å². The molecule has 0 bridgehead atoms. The Morgan fingerprint density at radius 3 is 3.08 bits per heavy atom. The molecular formula is C8H6N2OS. The van der Waals surface area contributed by atoms with Crippen LogP contribution in [-0.4, -0.2) is 16.3 Å². The van der Waals surface area contributed by atoms with Gasteiger partial charge in [0.1, 0.15) is 11.8 Å². The Morgan fingerprint density at radius 1 is 1.50 bits per heavy atom. The van der Waals surface area contributed by atoms with Crippen molar-refractivity contribution in [2.75, 3.05) is 0 Å². The van der Waals surface area contributed by atoms with Crippen LogP contribution < -0.4 is 0 Å². The lowest BCUT2D eigenvalue weighted by Gasteiger charge is -1.94. The molecule has 0 amide bonds. The van der Waals surface area contributed by atoms with Crippen molar-refractivity contribution >= 4 is 29.9 Å². The first-order valence-corrected chi connectivity index (χ1v) is 3.87. The van der Waals surface area contributed by atoms with Crippen LogP contribution in [0.3, 0.4) is 0 Å². The number of hydrogen-bond donors (Lipinski definition) is 2. The quantitative estimate of drug-likeness (QED) is 0.515. The minimum atomic E-state index is 0.608. The van der Waals surface area contributed by atoms with Gasteiger partial charge in [0, 0.05) is 10.5 Å². The van der Waals surface area contributed by atoms with E-state index in [1.54, 1.807) is 18.5 Å². The first kappa shape index (κ1) is 7.36. The molecule has 0 saturated heterocycles. The van der Waals surface area contributed by atoms with E-state index in [9.17, 15) is 4.79 Å². The summed E-state index contributed by atoms with van der Waals surface area (Å²) in [6, 6.07) is 3.44. The number of nitrogens with one attached hydrogen (secondary N) is 1. The highest BCUT2D eigenvalue weighted by molar-refractivity contribution is 7.80. The number of rotatable bonds is 1. The highest BCUT2D eigenvalue weighted by atomic mass is 32.1. The summed E-state index contributed by atoms with van der Waals surface area (Å²) < 4.78 is 0. The predicted octanol–water partition coefficient (Wildman–Crippen LogP) is 1.66. The molecule has 0 aliphatic carbocycles. The van der Waals surface area contributed by atoms with Crippen LogP contribution in [0.15, 0.2) is 23.4 Å². The van der Waals surface area contributed by atoms with E-state index in [4.69, 9.17) is 0 Å². The maximum atomic E-state index is 10.5. The third-order valence-corrected chi connectivity index (χ3v) is 2.00. The van der Waals surface area contributed by atoms with E-state index in [-0.39, 0.29) is 0 Å². The number of carbonyl (C=O) groups is 1. The zero-order valence-corrected chi connectivity index (χ0v) is 7.01. The van der Waals surface area contributed by atoms with Crippen molar-refractivity contribution in [1.82, 2.24) is 9.97 Å². The Kier molecular flexibility index (Phi) is 1.62. The normalized spacial score (nSPS) is 10.4. The summed E-state index contributed by atoms with van der Waals surface area (Å²) in [7, 11) is 0. The summed E-state index contributed by atoms with van der Waals surface area (Å²) in [5.74, 6) is 0. The summed E-state index contributed by atoms with van der Waals surface area (Å²) >= 11 is 4.20. The third-order valence-electron chi connectivity index (χ3n) is 1.66. The molecule has 4 heteroatoms. The Labute approximate surface area is 74.2 Å². The lowest BCUT2D eigenvalue weighted by molar-refractivity contribution is 0.112. The Bertz CT molecular complexity index is 436. The fourth-order valence-corrected chi connectivity index (χ4v) is 1.45. The van der Waals surface area contributed by atoms with Gasteiger partial charge in [-0.25, -0.2) is 4.98 Å². The van der Waals surface area contributed by atoms with E-state index >= 15 is 0 Å². The summed E-state index contributed by atoms with van der Waals surface area (Å²) in [6.45, 7) is 0. The number of aldehydes is 1. The van der Waals surface area contributed by atoms with Crippen LogP contribution in [0.5, 0.6) is 0 Å². The lowest BCUT2D eigenvalue weighted by Crippen LogP contribution is -1.81. The molecule has 1 aromatic heterocycles. The Morgan fingerprint density at radius 2 is 2.33 bits per heavy atom.